The van der Waals surface area contributed by atoms with Crippen LogP contribution in [0.25, 0.3) is 0 Å². The van der Waals surface area contributed by atoms with Crippen molar-refractivity contribution in [3.8, 4) is 0 Å². The first-order valence-corrected chi connectivity index (χ1v) is 11.8. The number of unbranched alkanes of at least 4 members (excludes halogenated alkanes) is 14. The molecule has 0 radical (unpaired) electrons. The average Bonchev–Trinajstić information content (AvgIpc) is 3.39. The highest BCUT2D eigenvalue weighted by atomic mass is 14.9. The highest BCUT2D eigenvalue weighted by Crippen LogP contribution is 2.13. The van der Waals surface area contributed by atoms with Gasteiger partial charge in [-0.25, -0.2) is 9.97 Å². The van der Waals surface area contributed by atoms with E-state index in [0.29, 0.717) is 0 Å². The zero-order chi connectivity index (χ0) is 20.1. The van der Waals surface area contributed by atoms with E-state index in [4.69, 9.17) is 0 Å². The van der Waals surface area contributed by atoms with Crippen molar-refractivity contribution in [1.29, 1.82) is 0 Å². The molecule has 0 unspecified atom stereocenters. The lowest BCUT2D eigenvalue weighted by molar-refractivity contribution is 0.531. The Morgan fingerprint density at radius 1 is 0.714 bits per heavy atom. The SMILES string of the molecule is CCCCCCCCCCCCCCCCCc1ncc[nH]1.Cc1c[nH]cn1. The van der Waals surface area contributed by atoms with Gasteiger partial charge in [0.05, 0.1) is 12.0 Å². The van der Waals surface area contributed by atoms with Gasteiger partial charge in [0.2, 0.25) is 0 Å². The molecule has 0 amide bonds. The van der Waals surface area contributed by atoms with Crippen LogP contribution in [0.2, 0.25) is 0 Å². The first-order valence-electron chi connectivity index (χ1n) is 11.8. The molecule has 0 saturated heterocycles. The fourth-order valence-corrected chi connectivity index (χ4v) is 3.43. The molecule has 2 heterocycles. The molecule has 0 spiro atoms. The zero-order valence-corrected chi connectivity index (χ0v) is 18.5. The van der Waals surface area contributed by atoms with Crippen LogP contribution in [0, 0.1) is 6.92 Å². The van der Waals surface area contributed by atoms with Crippen molar-refractivity contribution in [1.82, 2.24) is 19.9 Å². The van der Waals surface area contributed by atoms with Crippen molar-refractivity contribution in [2.75, 3.05) is 0 Å². The minimum atomic E-state index is 1.04. The van der Waals surface area contributed by atoms with Crippen LogP contribution in [0.4, 0.5) is 0 Å². The molecular formula is C24H44N4. The first-order chi connectivity index (χ1) is 13.8. The second-order valence-electron chi connectivity index (χ2n) is 7.95. The Kier molecular flexibility index (Phi) is 16.4. The van der Waals surface area contributed by atoms with Gasteiger partial charge in [0.1, 0.15) is 5.82 Å². The number of nitrogens with zero attached hydrogens (tertiary/aromatic N) is 2. The summed E-state index contributed by atoms with van der Waals surface area (Å²) in [5.74, 6) is 1.15. The Morgan fingerprint density at radius 3 is 1.61 bits per heavy atom. The van der Waals surface area contributed by atoms with Gasteiger partial charge >= 0.3 is 0 Å². The molecule has 2 N–H and O–H groups in total. The van der Waals surface area contributed by atoms with Gasteiger partial charge in [-0.1, -0.05) is 96.8 Å². The molecule has 2 aromatic rings. The predicted molar refractivity (Wildman–Crippen MR) is 121 cm³/mol. The van der Waals surface area contributed by atoms with Crippen LogP contribution in [-0.2, 0) is 6.42 Å². The second-order valence-corrected chi connectivity index (χ2v) is 7.95. The molecule has 0 aliphatic rings. The molecular weight excluding hydrogens is 344 g/mol. The molecule has 2 aromatic heterocycles. The lowest BCUT2D eigenvalue weighted by Crippen LogP contribution is -1.88. The largest absolute Gasteiger partial charge is 0.351 e. The third-order valence-electron chi connectivity index (χ3n) is 5.21. The van der Waals surface area contributed by atoms with E-state index in [9.17, 15) is 0 Å². The highest BCUT2D eigenvalue weighted by Gasteiger charge is 1.96. The molecule has 0 bridgehead atoms. The highest BCUT2D eigenvalue weighted by molar-refractivity contribution is 4.88. The Labute approximate surface area is 173 Å². The summed E-state index contributed by atoms with van der Waals surface area (Å²) >= 11 is 0. The lowest BCUT2D eigenvalue weighted by atomic mass is 10.0. The van der Waals surface area contributed by atoms with E-state index in [1.165, 1.54) is 96.3 Å². The number of nitrogens with one attached hydrogen (secondary N) is 2. The topological polar surface area (TPSA) is 57.4 Å². The Hall–Kier alpha value is -1.58. The summed E-state index contributed by atoms with van der Waals surface area (Å²) < 4.78 is 0. The third-order valence-corrected chi connectivity index (χ3v) is 5.21. The van der Waals surface area contributed by atoms with Crippen molar-refractivity contribution >= 4 is 0 Å². The molecule has 28 heavy (non-hydrogen) atoms. The summed E-state index contributed by atoms with van der Waals surface area (Å²) in [4.78, 5) is 14.1. The monoisotopic (exact) mass is 388 g/mol. The molecule has 0 fully saturated rings. The number of imidazole rings is 2. The van der Waals surface area contributed by atoms with Gasteiger partial charge < -0.3 is 9.97 Å². The molecule has 4 heteroatoms. The summed E-state index contributed by atoms with van der Waals surface area (Å²) in [5, 5.41) is 0. The number of hydrogen-bond donors (Lipinski definition) is 2. The van der Waals surface area contributed by atoms with Crippen molar-refractivity contribution in [2.45, 2.75) is 117 Å². The van der Waals surface area contributed by atoms with Crippen molar-refractivity contribution in [3.05, 3.63) is 36.4 Å². The number of hydrogen-bond acceptors (Lipinski definition) is 2. The van der Waals surface area contributed by atoms with Crippen LogP contribution in [0.15, 0.2) is 24.9 Å². The normalized spacial score (nSPS) is 10.6. The number of aryl methyl sites for hydroxylation is 2. The Balaban J connectivity index is 0.000000552. The van der Waals surface area contributed by atoms with Crippen LogP contribution in [0.3, 0.4) is 0 Å². The standard InChI is InChI=1S/C20H38N2.C4H6N2/c1-2-3-4-5-6-7-8-9-10-11-12-13-14-15-16-17-20-21-18-19-22-20;1-4-2-5-3-6-4/h18-19H,2-17H2,1H3,(H,21,22);2-3H,1H3,(H,5,6). The lowest BCUT2D eigenvalue weighted by Gasteiger charge is -2.03. The maximum Gasteiger partial charge on any atom is 0.105 e. The van der Waals surface area contributed by atoms with Crippen LogP contribution in [0.5, 0.6) is 0 Å². The predicted octanol–water partition coefficient (Wildman–Crippen LogP) is 7.54. The van der Waals surface area contributed by atoms with Crippen molar-refractivity contribution < 1.29 is 0 Å². The van der Waals surface area contributed by atoms with E-state index in [0.717, 1.165) is 17.9 Å². The molecule has 4 nitrogen and oxygen atoms in total. The van der Waals surface area contributed by atoms with Crippen molar-refractivity contribution in [2.24, 2.45) is 0 Å². The van der Waals surface area contributed by atoms with Crippen LogP contribution in [0.1, 0.15) is 115 Å². The van der Waals surface area contributed by atoms with Gasteiger partial charge in [-0.15, -0.1) is 0 Å². The van der Waals surface area contributed by atoms with E-state index >= 15 is 0 Å². The summed E-state index contributed by atoms with van der Waals surface area (Å²) in [6, 6.07) is 0. The average molecular weight is 389 g/mol. The fraction of sp³-hybridized carbons (Fsp3) is 0.750. The molecule has 0 aliphatic heterocycles. The number of rotatable bonds is 16. The summed E-state index contributed by atoms with van der Waals surface area (Å²) in [6.45, 7) is 4.23. The Morgan fingerprint density at radius 2 is 1.25 bits per heavy atom. The minimum Gasteiger partial charge on any atom is -0.351 e. The summed E-state index contributed by atoms with van der Waals surface area (Å²) in [5.41, 5.74) is 1.04. The maximum absolute atomic E-state index is 4.26. The summed E-state index contributed by atoms with van der Waals surface area (Å²) in [7, 11) is 0. The van der Waals surface area contributed by atoms with Crippen LogP contribution >= 0.6 is 0 Å². The van der Waals surface area contributed by atoms with Gasteiger partial charge in [0.25, 0.3) is 0 Å². The van der Waals surface area contributed by atoms with Crippen molar-refractivity contribution in [3.63, 3.8) is 0 Å². The van der Waals surface area contributed by atoms with Crippen LogP contribution in [-0.4, -0.2) is 19.9 Å². The van der Waals surface area contributed by atoms with E-state index in [1.54, 1.807) is 6.33 Å². The van der Waals surface area contributed by atoms with Crippen LogP contribution < -0.4 is 0 Å². The molecule has 0 aliphatic carbocycles. The maximum atomic E-state index is 4.26. The molecule has 0 atom stereocenters. The van der Waals surface area contributed by atoms with Gasteiger partial charge in [-0.3, -0.25) is 0 Å². The second kappa shape index (κ2) is 18.8. The smallest absolute Gasteiger partial charge is 0.105 e. The van der Waals surface area contributed by atoms with E-state index in [2.05, 4.69) is 26.9 Å². The fourth-order valence-electron chi connectivity index (χ4n) is 3.43. The van der Waals surface area contributed by atoms with Gasteiger partial charge in [-0.05, 0) is 13.3 Å². The molecule has 0 aromatic carbocycles. The minimum absolute atomic E-state index is 1.04. The summed E-state index contributed by atoms with van der Waals surface area (Å²) in [6.07, 6.45) is 29.8. The quantitative estimate of drug-likeness (QED) is 0.292. The zero-order valence-electron chi connectivity index (χ0n) is 18.5. The van der Waals surface area contributed by atoms with Gasteiger partial charge in [-0.2, -0.15) is 0 Å². The number of H-pyrrole nitrogens is 2. The van der Waals surface area contributed by atoms with E-state index in [1.807, 2.05) is 25.5 Å². The molecule has 160 valence electrons. The Bertz CT molecular complexity index is 505. The molecule has 2 rings (SSSR count). The van der Waals surface area contributed by atoms with E-state index in [-0.39, 0.29) is 0 Å². The van der Waals surface area contributed by atoms with Gasteiger partial charge in [0.15, 0.2) is 0 Å². The third kappa shape index (κ3) is 15.5. The molecule has 0 saturated carbocycles. The van der Waals surface area contributed by atoms with E-state index < -0.39 is 0 Å². The first kappa shape index (κ1) is 24.5. The number of aromatic nitrogens is 4. The number of aromatic amines is 2. The van der Waals surface area contributed by atoms with Gasteiger partial charge in [0, 0.05) is 25.0 Å².